The monoisotopic (exact) mass is 163 g/mol. The maximum atomic E-state index is 10.0. The van der Waals surface area contributed by atoms with Gasteiger partial charge in [-0.05, 0) is 0 Å². The van der Waals surface area contributed by atoms with Crippen molar-refractivity contribution < 1.29 is 4.79 Å². The minimum atomic E-state index is -0.407. The van der Waals surface area contributed by atoms with Crippen LogP contribution >= 0.6 is 15.9 Å². The molecule has 0 aromatic carbocycles. The fourth-order valence-corrected chi connectivity index (χ4v) is 0.116. The third-order valence-electron chi connectivity index (χ3n) is 0.479. The zero-order chi connectivity index (χ0) is 5.86. The molecule has 0 saturated carbocycles. The van der Waals surface area contributed by atoms with Crippen LogP contribution in [0.3, 0.4) is 0 Å². The Morgan fingerprint density at radius 3 is 2.43 bits per heavy atom. The van der Waals surface area contributed by atoms with E-state index in [0.717, 1.165) is 0 Å². The van der Waals surface area contributed by atoms with Gasteiger partial charge in [0.2, 0.25) is 5.91 Å². The number of hydrogen-bond donors (Lipinski definition) is 1. The molecule has 0 aliphatic rings. The van der Waals surface area contributed by atoms with Crippen LogP contribution in [-0.4, -0.2) is 10.7 Å². The van der Waals surface area contributed by atoms with Crippen molar-refractivity contribution in [3.8, 4) is 0 Å². The molecular weight excluding hydrogens is 158 g/mol. The van der Waals surface area contributed by atoms with Crippen LogP contribution in [0.25, 0.3) is 0 Å². The molecule has 0 aliphatic carbocycles. The number of hydrogen-bond acceptors (Lipinski definition) is 1. The number of nitrogens with two attached hydrogens (primary N) is 1. The third kappa shape index (κ3) is 2.39. The van der Waals surface area contributed by atoms with Crippen LogP contribution in [-0.2, 0) is 4.79 Å². The van der Waals surface area contributed by atoms with Crippen LogP contribution in [0.5, 0.6) is 0 Å². The van der Waals surface area contributed by atoms with Crippen molar-refractivity contribution in [1.82, 2.24) is 0 Å². The first-order valence-corrected chi connectivity index (χ1v) is 2.66. The molecule has 0 aromatic heterocycles. The Bertz CT molecular complexity index is 91.7. The summed E-state index contributed by atoms with van der Waals surface area (Å²) >= 11 is 2.95. The Kier molecular flexibility index (Phi) is 2.67. The van der Waals surface area contributed by atoms with Gasteiger partial charge < -0.3 is 5.73 Å². The van der Waals surface area contributed by atoms with Crippen molar-refractivity contribution >= 4 is 21.8 Å². The van der Waals surface area contributed by atoms with Crippen molar-refractivity contribution in [2.45, 2.75) is 4.83 Å². The molecule has 1 unspecified atom stereocenters. The number of carbonyl (C=O) groups is 1. The van der Waals surface area contributed by atoms with Crippen molar-refractivity contribution in [2.24, 2.45) is 5.73 Å². The second-order valence-corrected chi connectivity index (χ2v) is 2.03. The summed E-state index contributed by atoms with van der Waals surface area (Å²) in [6.07, 6.45) is 1.43. The highest BCUT2D eigenvalue weighted by atomic mass is 79.9. The van der Waals surface area contributed by atoms with Gasteiger partial charge in [0.25, 0.3) is 0 Å². The fraction of sp³-hybridized carbons (Fsp3) is 0.250. The highest BCUT2D eigenvalue weighted by molar-refractivity contribution is 9.10. The van der Waals surface area contributed by atoms with E-state index >= 15 is 0 Å². The first-order valence-electron chi connectivity index (χ1n) is 1.74. The molecule has 0 saturated heterocycles. The lowest BCUT2D eigenvalue weighted by Crippen LogP contribution is -2.20. The van der Waals surface area contributed by atoms with E-state index in [0.29, 0.717) is 0 Å². The van der Waals surface area contributed by atoms with Gasteiger partial charge in [-0.1, -0.05) is 22.0 Å². The van der Waals surface area contributed by atoms with Gasteiger partial charge in [0.1, 0.15) is 4.83 Å². The Morgan fingerprint density at radius 1 is 2.00 bits per heavy atom. The van der Waals surface area contributed by atoms with Crippen molar-refractivity contribution in [2.75, 3.05) is 0 Å². The smallest absolute Gasteiger partial charge is 0.235 e. The molecular formula is C4H6BrNO. The molecule has 7 heavy (non-hydrogen) atoms. The van der Waals surface area contributed by atoms with Crippen LogP contribution in [0.4, 0.5) is 0 Å². The normalized spacial score (nSPS) is 12.7. The van der Waals surface area contributed by atoms with Crippen LogP contribution in [0, 0.1) is 0 Å². The van der Waals surface area contributed by atoms with Gasteiger partial charge in [-0.3, -0.25) is 4.79 Å². The van der Waals surface area contributed by atoms with E-state index < -0.39 is 5.91 Å². The summed E-state index contributed by atoms with van der Waals surface area (Å²) in [4.78, 5) is 9.65. The lowest BCUT2D eigenvalue weighted by Gasteiger charge is -1.91. The SMILES string of the molecule is C=CC(Br)C(N)=O. The quantitative estimate of drug-likeness (QED) is 0.466. The van der Waals surface area contributed by atoms with Gasteiger partial charge in [0.05, 0.1) is 0 Å². The lowest BCUT2D eigenvalue weighted by molar-refractivity contribution is -0.116. The predicted molar refractivity (Wildman–Crippen MR) is 32.1 cm³/mol. The number of halogens is 1. The average Bonchev–Trinajstić information content (AvgIpc) is 1.65. The minimum absolute atomic E-state index is 0.382. The molecule has 40 valence electrons. The van der Waals surface area contributed by atoms with E-state index in [9.17, 15) is 4.79 Å². The Balaban J connectivity index is 3.55. The first-order chi connectivity index (χ1) is 3.18. The van der Waals surface area contributed by atoms with E-state index in [1.54, 1.807) is 0 Å². The molecule has 3 heteroatoms. The fourth-order valence-electron chi connectivity index (χ4n) is 0.116. The van der Waals surface area contributed by atoms with E-state index in [1.807, 2.05) is 0 Å². The van der Waals surface area contributed by atoms with Crippen LogP contribution in [0.15, 0.2) is 12.7 Å². The van der Waals surface area contributed by atoms with Gasteiger partial charge >= 0.3 is 0 Å². The maximum absolute atomic E-state index is 10.0. The molecule has 0 spiro atoms. The highest BCUT2D eigenvalue weighted by Gasteiger charge is 2.01. The summed E-state index contributed by atoms with van der Waals surface area (Å²) in [5.41, 5.74) is 4.79. The van der Waals surface area contributed by atoms with Gasteiger partial charge in [-0.2, -0.15) is 0 Å². The molecule has 2 N–H and O–H groups in total. The summed E-state index contributed by atoms with van der Waals surface area (Å²) < 4.78 is 0. The number of primary amides is 1. The largest absolute Gasteiger partial charge is 0.368 e. The summed E-state index contributed by atoms with van der Waals surface area (Å²) in [7, 11) is 0. The molecule has 0 rings (SSSR count). The second kappa shape index (κ2) is 2.80. The van der Waals surface area contributed by atoms with Gasteiger partial charge in [0, 0.05) is 0 Å². The third-order valence-corrected chi connectivity index (χ3v) is 1.30. The van der Waals surface area contributed by atoms with E-state index in [-0.39, 0.29) is 4.83 Å². The van der Waals surface area contributed by atoms with Crippen molar-refractivity contribution in [1.29, 1.82) is 0 Å². The summed E-state index contributed by atoms with van der Waals surface area (Å²) in [6, 6.07) is 0. The lowest BCUT2D eigenvalue weighted by atomic mass is 10.4. The number of alkyl halides is 1. The number of rotatable bonds is 2. The molecule has 2 nitrogen and oxygen atoms in total. The van der Waals surface area contributed by atoms with Crippen molar-refractivity contribution in [3.63, 3.8) is 0 Å². The molecule has 0 bridgehead atoms. The summed E-state index contributed by atoms with van der Waals surface area (Å²) in [5, 5.41) is 0. The molecule has 1 atom stereocenters. The Morgan fingerprint density at radius 2 is 2.43 bits per heavy atom. The minimum Gasteiger partial charge on any atom is -0.368 e. The van der Waals surface area contributed by atoms with E-state index in [1.165, 1.54) is 6.08 Å². The average molecular weight is 164 g/mol. The predicted octanol–water partition coefficient (Wildman–Crippen LogP) is 0.421. The standard InChI is InChI=1S/C4H6BrNO/c1-2-3(5)4(6)7/h2-3H,1H2,(H2,6,7). The molecule has 1 amide bonds. The van der Waals surface area contributed by atoms with Crippen LogP contribution < -0.4 is 5.73 Å². The van der Waals surface area contributed by atoms with Crippen LogP contribution in [0.1, 0.15) is 0 Å². The van der Waals surface area contributed by atoms with Gasteiger partial charge in [0.15, 0.2) is 0 Å². The molecule has 0 fully saturated rings. The van der Waals surface area contributed by atoms with Gasteiger partial charge in [-0.15, -0.1) is 6.58 Å². The zero-order valence-electron chi connectivity index (χ0n) is 3.73. The zero-order valence-corrected chi connectivity index (χ0v) is 5.31. The van der Waals surface area contributed by atoms with Gasteiger partial charge in [-0.25, -0.2) is 0 Å². The summed E-state index contributed by atoms with van der Waals surface area (Å²) in [5.74, 6) is -0.407. The Labute approximate surface area is 50.5 Å². The summed E-state index contributed by atoms with van der Waals surface area (Å²) in [6.45, 7) is 3.33. The number of amides is 1. The molecule has 0 heterocycles. The van der Waals surface area contributed by atoms with Crippen molar-refractivity contribution in [3.05, 3.63) is 12.7 Å². The topological polar surface area (TPSA) is 43.1 Å². The molecule has 0 aromatic rings. The Hall–Kier alpha value is -0.310. The van der Waals surface area contributed by atoms with Crippen LogP contribution in [0.2, 0.25) is 0 Å². The molecule has 0 radical (unpaired) electrons. The maximum Gasteiger partial charge on any atom is 0.235 e. The second-order valence-electron chi connectivity index (χ2n) is 1.04. The first kappa shape index (κ1) is 6.69. The van der Waals surface area contributed by atoms with E-state index in [2.05, 4.69) is 22.5 Å². The number of carbonyl (C=O) groups excluding carboxylic acids is 1. The molecule has 0 aliphatic heterocycles. The highest BCUT2D eigenvalue weighted by Crippen LogP contribution is 1.96. The van der Waals surface area contributed by atoms with E-state index in [4.69, 9.17) is 5.73 Å².